The van der Waals surface area contributed by atoms with Crippen LogP contribution >= 0.6 is 11.6 Å². The highest BCUT2D eigenvalue weighted by molar-refractivity contribution is 7.89. The zero-order valence-corrected chi connectivity index (χ0v) is 12.3. The molecule has 10 heteroatoms. The van der Waals surface area contributed by atoms with Crippen LogP contribution in [0.25, 0.3) is 0 Å². The number of carbonyl (C=O) groups is 1. The minimum atomic E-state index is -4.42. The van der Waals surface area contributed by atoms with E-state index in [1.54, 1.807) is 0 Å². The number of rotatable bonds is 4. The maximum absolute atomic E-state index is 12.2. The molecule has 1 unspecified atom stereocenters. The summed E-state index contributed by atoms with van der Waals surface area (Å²) in [5.41, 5.74) is -0.194. The molecule has 0 saturated carbocycles. The minimum absolute atomic E-state index is 0.0739. The Balaban J connectivity index is 2.96. The Labute approximate surface area is 124 Å². The van der Waals surface area contributed by atoms with Gasteiger partial charge in [0, 0.05) is 16.6 Å². The van der Waals surface area contributed by atoms with Gasteiger partial charge in [-0.25, -0.2) is 13.6 Å². The summed E-state index contributed by atoms with van der Waals surface area (Å²) in [6.45, 7) is 1.18. The molecule has 3 N–H and O–H groups in total. The molecule has 1 rings (SSSR count). The molecule has 0 aliphatic heterocycles. The predicted octanol–water partition coefficient (Wildman–Crippen LogP) is 2.06. The van der Waals surface area contributed by atoms with Crippen molar-refractivity contribution in [2.24, 2.45) is 5.14 Å². The number of sulfonamides is 1. The summed E-state index contributed by atoms with van der Waals surface area (Å²) in [6, 6.07) is 1.93. The van der Waals surface area contributed by atoms with Crippen molar-refractivity contribution in [3.05, 3.63) is 28.8 Å². The van der Waals surface area contributed by atoms with Gasteiger partial charge in [-0.05, 0) is 25.1 Å². The Bertz CT molecular complexity index is 647. The second kappa shape index (κ2) is 6.20. The topological polar surface area (TPSA) is 89.3 Å². The number of nitrogens with two attached hydrogens (primary N) is 1. The lowest BCUT2D eigenvalue weighted by Gasteiger charge is -2.16. The molecule has 21 heavy (non-hydrogen) atoms. The third kappa shape index (κ3) is 5.90. The molecule has 1 atom stereocenters. The number of hydrogen-bond donors (Lipinski definition) is 2. The minimum Gasteiger partial charge on any atom is -0.349 e. The summed E-state index contributed by atoms with van der Waals surface area (Å²) in [4.78, 5) is 11.4. The Kier molecular flexibility index (Phi) is 5.24. The first kappa shape index (κ1) is 17.7. The quantitative estimate of drug-likeness (QED) is 0.876. The van der Waals surface area contributed by atoms with Crippen LogP contribution in [0.3, 0.4) is 0 Å². The van der Waals surface area contributed by atoms with Gasteiger partial charge in [-0.3, -0.25) is 4.79 Å². The monoisotopic (exact) mass is 344 g/mol. The Morgan fingerprint density at radius 1 is 1.38 bits per heavy atom. The predicted molar refractivity (Wildman–Crippen MR) is 70.4 cm³/mol. The van der Waals surface area contributed by atoms with Gasteiger partial charge in [0.05, 0.1) is 11.3 Å². The molecule has 0 aliphatic rings. The van der Waals surface area contributed by atoms with Gasteiger partial charge in [-0.15, -0.1) is 0 Å². The second-order valence-corrected chi connectivity index (χ2v) is 6.41. The standard InChI is InChI=1S/C11H12ClF3N2O3S/c1-6(5-11(13,14)15)17-10(18)7-2-8(12)4-9(3-7)21(16,19)20/h2-4,6H,5H2,1H3,(H,17,18)(H2,16,19,20). The normalized spacial score (nSPS) is 13.8. The Hall–Kier alpha value is -1.32. The van der Waals surface area contributed by atoms with Crippen LogP contribution in [0.2, 0.25) is 5.02 Å². The first-order valence-corrected chi connectivity index (χ1v) is 7.52. The van der Waals surface area contributed by atoms with Crippen LogP contribution in [0.15, 0.2) is 23.1 Å². The van der Waals surface area contributed by atoms with Crippen LogP contribution in [0.5, 0.6) is 0 Å². The van der Waals surface area contributed by atoms with Crippen LogP contribution < -0.4 is 10.5 Å². The van der Waals surface area contributed by atoms with Crippen LogP contribution in [-0.4, -0.2) is 26.5 Å². The van der Waals surface area contributed by atoms with Gasteiger partial charge in [0.25, 0.3) is 5.91 Å². The maximum Gasteiger partial charge on any atom is 0.391 e. The smallest absolute Gasteiger partial charge is 0.349 e. The molecule has 1 aromatic carbocycles. The molecule has 0 radical (unpaired) electrons. The molecular weight excluding hydrogens is 333 g/mol. The summed E-state index contributed by atoms with van der Waals surface area (Å²) in [5, 5.41) is 6.94. The summed E-state index contributed by atoms with van der Waals surface area (Å²) in [6.07, 6.45) is -5.63. The van der Waals surface area contributed by atoms with Crippen molar-refractivity contribution < 1.29 is 26.4 Å². The summed E-state index contributed by atoms with van der Waals surface area (Å²) in [7, 11) is -4.08. The van der Waals surface area contributed by atoms with Crippen molar-refractivity contribution in [2.75, 3.05) is 0 Å². The van der Waals surface area contributed by atoms with E-state index in [4.69, 9.17) is 16.7 Å². The number of nitrogens with one attached hydrogen (secondary N) is 1. The van der Waals surface area contributed by atoms with Crippen molar-refractivity contribution in [3.8, 4) is 0 Å². The lowest BCUT2D eigenvalue weighted by atomic mass is 10.1. The highest BCUT2D eigenvalue weighted by atomic mass is 35.5. The first-order chi connectivity index (χ1) is 9.38. The van der Waals surface area contributed by atoms with Gasteiger partial charge in [-0.2, -0.15) is 13.2 Å². The van der Waals surface area contributed by atoms with E-state index in [9.17, 15) is 26.4 Å². The number of benzene rings is 1. The zero-order valence-electron chi connectivity index (χ0n) is 10.7. The molecule has 0 aliphatic carbocycles. The van der Waals surface area contributed by atoms with E-state index >= 15 is 0 Å². The number of hydrogen-bond acceptors (Lipinski definition) is 3. The number of halogens is 4. The molecule has 0 bridgehead atoms. The molecule has 0 heterocycles. The van der Waals surface area contributed by atoms with Crippen LogP contribution in [0.1, 0.15) is 23.7 Å². The van der Waals surface area contributed by atoms with Gasteiger partial charge in [0.1, 0.15) is 0 Å². The third-order valence-corrected chi connectivity index (χ3v) is 3.49. The molecule has 1 aromatic rings. The van der Waals surface area contributed by atoms with E-state index in [-0.39, 0.29) is 10.6 Å². The van der Waals surface area contributed by atoms with E-state index in [2.05, 4.69) is 5.32 Å². The fourth-order valence-electron chi connectivity index (χ4n) is 1.56. The van der Waals surface area contributed by atoms with Gasteiger partial charge < -0.3 is 5.32 Å². The maximum atomic E-state index is 12.2. The largest absolute Gasteiger partial charge is 0.391 e. The molecule has 118 valence electrons. The number of primary sulfonamides is 1. The second-order valence-electron chi connectivity index (χ2n) is 4.41. The molecule has 5 nitrogen and oxygen atoms in total. The van der Waals surface area contributed by atoms with Crippen molar-refractivity contribution >= 4 is 27.5 Å². The zero-order chi connectivity index (χ0) is 16.4. The SMILES string of the molecule is CC(CC(F)(F)F)NC(=O)c1cc(Cl)cc(S(N)(=O)=O)c1. The van der Waals surface area contributed by atoms with Gasteiger partial charge in [0.2, 0.25) is 10.0 Å². The van der Waals surface area contributed by atoms with E-state index in [0.29, 0.717) is 0 Å². The van der Waals surface area contributed by atoms with Gasteiger partial charge >= 0.3 is 6.18 Å². The summed E-state index contributed by atoms with van der Waals surface area (Å²) in [5.74, 6) is -0.876. The van der Waals surface area contributed by atoms with E-state index in [1.165, 1.54) is 6.92 Å². The van der Waals surface area contributed by atoms with Crippen LogP contribution in [0, 0.1) is 0 Å². The lowest BCUT2D eigenvalue weighted by Crippen LogP contribution is -2.36. The fraction of sp³-hybridized carbons (Fsp3) is 0.364. The fourth-order valence-corrected chi connectivity index (χ4v) is 2.45. The van der Waals surface area contributed by atoms with Gasteiger partial charge in [0.15, 0.2) is 0 Å². The Morgan fingerprint density at radius 2 is 1.95 bits per heavy atom. The van der Waals surface area contributed by atoms with E-state index in [0.717, 1.165) is 18.2 Å². The molecule has 0 spiro atoms. The van der Waals surface area contributed by atoms with Crippen LogP contribution in [0.4, 0.5) is 13.2 Å². The first-order valence-electron chi connectivity index (χ1n) is 5.59. The van der Waals surface area contributed by atoms with Crippen molar-refractivity contribution in [3.63, 3.8) is 0 Å². The van der Waals surface area contributed by atoms with Crippen LogP contribution in [-0.2, 0) is 10.0 Å². The molecular formula is C11H12ClF3N2O3S. The lowest BCUT2D eigenvalue weighted by molar-refractivity contribution is -0.138. The van der Waals surface area contributed by atoms with Crippen molar-refractivity contribution in [1.82, 2.24) is 5.32 Å². The Morgan fingerprint density at radius 3 is 2.43 bits per heavy atom. The van der Waals surface area contributed by atoms with Crippen molar-refractivity contribution in [2.45, 2.75) is 30.5 Å². The van der Waals surface area contributed by atoms with E-state index in [1.807, 2.05) is 0 Å². The number of alkyl halides is 3. The van der Waals surface area contributed by atoms with Crippen molar-refractivity contribution in [1.29, 1.82) is 0 Å². The highest BCUT2D eigenvalue weighted by Crippen LogP contribution is 2.22. The van der Waals surface area contributed by atoms with Gasteiger partial charge in [-0.1, -0.05) is 11.6 Å². The van der Waals surface area contributed by atoms with E-state index < -0.39 is 39.5 Å². The molecule has 1 amide bonds. The summed E-state index contributed by atoms with van der Waals surface area (Å²) < 4.78 is 58.9. The average molecular weight is 345 g/mol. The summed E-state index contributed by atoms with van der Waals surface area (Å²) >= 11 is 5.66. The average Bonchev–Trinajstić information content (AvgIpc) is 2.23. The number of amides is 1. The molecule has 0 saturated heterocycles. The molecule has 0 aromatic heterocycles. The number of carbonyl (C=O) groups excluding carboxylic acids is 1. The third-order valence-electron chi connectivity index (χ3n) is 2.38. The highest BCUT2D eigenvalue weighted by Gasteiger charge is 2.30. The molecule has 0 fully saturated rings.